The van der Waals surface area contributed by atoms with Crippen molar-refractivity contribution >= 4 is 57.5 Å². The molecule has 1 heterocycles. The lowest BCUT2D eigenvalue weighted by atomic mass is 10.2. The van der Waals surface area contributed by atoms with Crippen LogP contribution in [0.25, 0.3) is 10.8 Å². The van der Waals surface area contributed by atoms with Gasteiger partial charge in [0.05, 0.1) is 0 Å². The molecule has 0 spiro atoms. The van der Waals surface area contributed by atoms with Crippen LogP contribution in [0, 0.1) is 5.41 Å². The van der Waals surface area contributed by atoms with Gasteiger partial charge < -0.3 is 5.32 Å². The third-order valence-corrected chi connectivity index (χ3v) is 2.59. The Bertz CT molecular complexity index is 501. The Kier molecular flexibility index (Phi) is 5.01. The molecule has 84 valence electrons. The van der Waals surface area contributed by atoms with Gasteiger partial charge in [-0.1, -0.05) is 36.0 Å². The van der Waals surface area contributed by atoms with Crippen LogP contribution >= 0.6 is 35.7 Å². The van der Waals surface area contributed by atoms with Crippen LogP contribution < -0.4 is 5.32 Å². The second kappa shape index (κ2) is 6.05. The second-order valence-corrected chi connectivity index (χ2v) is 3.89. The molecule has 0 bridgehead atoms. The summed E-state index contributed by atoms with van der Waals surface area (Å²) in [4.78, 5) is 4.23. The monoisotopic (exact) mass is 345 g/mol. The van der Waals surface area contributed by atoms with Crippen LogP contribution in [-0.4, -0.2) is 16.4 Å². The summed E-state index contributed by atoms with van der Waals surface area (Å²) in [6.45, 7) is 0. The first-order valence-electron chi connectivity index (χ1n) is 4.54. The molecule has 0 aliphatic carbocycles. The van der Waals surface area contributed by atoms with Gasteiger partial charge in [0.15, 0.2) is 5.17 Å². The molecule has 0 amide bonds. The third-order valence-electron chi connectivity index (χ3n) is 2.08. The smallest absolute Gasteiger partial charge is 0.159 e. The Labute approximate surface area is 116 Å². The molecule has 5 heteroatoms. The number of benzene rings is 1. The van der Waals surface area contributed by atoms with Crippen molar-refractivity contribution in [3.8, 4) is 0 Å². The Morgan fingerprint density at radius 2 is 2.00 bits per heavy atom. The van der Waals surface area contributed by atoms with Crippen LogP contribution in [0.5, 0.6) is 0 Å². The largest absolute Gasteiger partial charge is 0.320 e. The number of amidine groups is 1. The van der Waals surface area contributed by atoms with Crippen LogP contribution in [0.3, 0.4) is 0 Å². The highest BCUT2D eigenvalue weighted by molar-refractivity contribution is 14.0. The fraction of sp³-hybridized carbons (Fsp3) is 0.0909. The summed E-state index contributed by atoms with van der Waals surface area (Å²) < 4.78 is 0. The van der Waals surface area contributed by atoms with E-state index < -0.39 is 0 Å². The van der Waals surface area contributed by atoms with Crippen molar-refractivity contribution in [2.75, 3.05) is 11.6 Å². The normalized spacial score (nSPS) is 9.56. The van der Waals surface area contributed by atoms with E-state index >= 15 is 0 Å². The molecule has 16 heavy (non-hydrogen) atoms. The maximum Gasteiger partial charge on any atom is 0.159 e. The highest BCUT2D eigenvalue weighted by Gasteiger charge is 1.98. The Balaban J connectivity index is 0.00000128. The average Bonchev–Trinajstić information content (AvgIpc) is 2.29. The Morgan fingerprint density at radius 1 is 1.31 bits per heavy atom. The molecule has 2 N–H and O–H groups in total. The van der Waals surface area contributed by atoms with Crippen molar-refractivity contribution in [3.05, 3.63) is 36.5 Å². The van der Waals surface area contributed by atoms with Crippen molar-refractivity contribution in [3.63, 3.8) is 0 Å². The predicted molar refractivity (Wildman–Crippen MR) is 82.0 cm³/mol. The predicted octanol–water partition coefficient (Wildman–Crippen LogP) is 3.56. The molecule has 0 atom stereocenters. The standard InChI is InChI=1S/C11H11N3S.HI/c1-15-11(12)14-10-6-8-4-2-3-5-9(8)7-13-10;/h2-7H,1H3,(H2,12,13,14);1H. The summed E-state index contributed by atoms with van der Waals surface area (Å²) >= 11 is 1.36. The van der Waals surface area contributed by atoms with Crippen molar-refractivity contribution in [2.45, 2.75) is 0 Å². The zero-order valence-corrected chi connectivity index (χ0v) is 11.9. The number of nitrogens with zero attached hydrogens (tertiary/aromatic N) is 1. The quantitative estimate of drug-likeness (QED) is 0.472. The number of fused-ring (bicyclic) bond motifs is 1. The molecule has 1 aromatic heterocycles. The fourth-order valence-electron chi connectivity index (χ4n) is 1.32. The topological polar surface area (TPSA) is 48.8 Å². The highest BCUT2D eigenvalue weighted by Crippen LogP contribution is 2.16. The zero-order valence-electron chi connectivity index (χ0n) is 8.73. The molecule has 2 aromatic rings. The summed E-state index contributed by atoms with van der Waals surface area (Å²) in [5, 5.41) is 13.1. The van der Waals surface area contributed by atoms with Gasteiger partial charge in [-0.05, 0) is 17.7 Å². The van der Waals surface area contributed by atoms with Crippen LogP contribution in [0.15, 0.2) is 36.5 Å². The van der Waals surface area contributed by atoms with E-state index in [0.717, 1.165) is 10.8 Å². The second-order valence-electron chi connectivity index (χ2n) is 3.07. The number of aromatic nitrogens is 1. The zero-order chi connectivity index (χ0) is 10.7. The van der Waals surface area contributed by atoms with Gasteiger partial charge in [0.1, 0.15) is 5.82 Å². The number of thioether (sulfide) groups is 1. The van der Waals surface area contributed by atoms with E-state index in [9.17, 15) is 0 Å². The van der Waals surface area contributed by atoms with Gasteiger partial charge in [0, 0.05) is 11.6 Å². The van der Waals surface area contributed by atoms with Crippen molar-refractivity contribution in [1.82, 2.24) is 4.98 Å². The number of hydrogen-bond donors (Lipinski definition) is 2. The number of nitrogens with one attached hydrogen (secondary N) is 2. The van der Waals surface area contributed by atoms with Crippen molar-refractivity contribution < 1.29 is 0 Å². The summed E-state index contributed by atoms with van der Waals surface area (Å²) in [5.74, 6) is 0.716. The van der Waals surface area contributed by atoms with Gasteiger partial charge in [0.2, 0.25) is 0 Å². The SMILES string of the molecule is CSC(=N)Nc1cc2ccccc2cn1.I. The van der Waals surface area contributed by atoms with Crippen molar-refractivity contribution in [2.24, 2.45) is 0 Å². The van der Waals surface area contributed by atoms with E-state index in [-0.39, 0.29) is 24.0 Å². The van der Waals surface area contributed by atoms with Gasteiger partial charge >= 0.3 is 0 Å². The molecule has 0 unspecified atom stereocenters. The van der Waals surface area contributed by atoms with Crippen LogP contribution in [0.2, 0.25) is 0 Å². The first-order valence-corrected chi connectivity index (χ1v) is 5.76. The summed E-state index contributed by atoms with van der Waals surface area (Å²) in [6.07, 6.45) is 3.67. The summed E-state index contributed by atoms with van der Waals surface area (Å²) in [5.41, 5.74) is 0. The molecule has 1 aromatic carbocycles. The number of rotatable bonds is 1. The first kappa shape index (κ1) is 13.2. The number of anilines is 1. The van der Waals surface area contributed by atoms with Gasteiger partial charge in [-0.15, -0.1) is 24.0 Å². The van der Waals surface area contributed by atoms with Gasteiger partial charge in [-0.25, -0.2) is 4.98 Å². The Hall–Kier alpha value is -0.820. The van der Waals surface area contributed by atoms with E-state index in [2.05, 4.69) is 10.3 Å². The minimum atomic E-state index is 0. The minimum Gasteiger partial charge on any atom is -0.320 e. The van der Waals surface area contributed by atoms with Crippen LogP contribution in [0.4, 0.5) is 5.82 Å². The number of halogens is 1. The lowest BCUT2D eigenvalue weighted by Crippen LogP contribution is -2.06. The average molecular weight is 345 g/mol. The third kappa shape index (κ3) is 3.08. The van der Waals surface area contributed by atoms with E-state index in [1.165, 1.54) is 11.8 Å². The minimum absolute atomic E-state index is 0. The van der Waals surface area contributed by atoms with Crippen LogP contribution in [0.1, 0.15) is 0 Å². The van der Waals surface area contributed by atoms with Crippen molar-refractivity contribution in [1.29, 1.82) is 5.41 Å². The number of hydrogen-bond acceptors (Lipinski definition) is 3. The van der Waals surface area contributed by atoms with Crippen LogP contribution in [-0.2, 0) is 0 Å². The molecule has 3 nitrogen and oxygen atoms in total. The van der Waals surface area contributed by atoms with E-state index in [0.29, 0.717) is 11.0 Å². The van der Waals surface area contributed by atoms with E-state index in [1.54, 1.807) is 0 Å². The number of pyridine rings is 1. The lowest BCUT2D eigenvalue weighted by molar-refractivity contribution is 1.35. The highest BCUT2D eigenvalue weighted by atomic mass is 127. The molecule has 0 saturated carbocycles. The molecular formula is C11H12IN3S. The molecule has 0 aliphatic rings. The lowest BCUT2D eigenvalue weighted by Gasteiger charge is -2.05. The molecular weight excluding hydrogens is 333 g/mol. The summed E-state index contributed by atoms with van der Waals surface area (Å²) in [6, 6.07) is 9.98. The maximum atomic E-state index is 7.49. The molecule has 0 aliphatic heterocycles. The maximum absolute atomic E-state index is 7.49. The molecule has 2 rings (SSSR count). The van der Waals surface area contributed by atoms with Gasteiger partial charge in [-0.2, -0.15) is 0 Å². The van der Waals surface area contributed by atoms with E-state index in [1.807, 2.05) is 42.8 Å². The van der Waals surface area contributed by atoms with E-state index in [4.69, 9.17) is 5.41 Å². The Morgan fingerprint density at radius 3 is 2.69 bits per heavy atom. The first-order chi connectivity index (χ1) is 7.29. The molecule has 0 fully saturated rings. The van der Waals surface area contributed by atoms with Gasteiger partial charge in [-0.3, -0.25) is 5.41 Å². The fourth-order valence-corrected chi connectivity index (χ4v) is 1.53. The summed E-state index contributed by atoms with van der Waals surface area (Å²) in [7, 11) is 0. The molecule has 0 radical (unpaired) electrons. The van der Waals surface area contributed by atoms with Gasteiger partial charge in [0.25, 0.3) is 0 Å². The molecule has 0 saturated heterocycles.